The number of hydrogen-bond acceptors (Lipinski definition) is 1. The molecule has 0 radical (unpaired) electrons. The second kappa shape index (κ2) is 12.5. The Kier molecular flexibility index (Phi) is 6.93. The van der Waals surface area contributed by atoms with Crippen molar-refractivity contribution in [3.05, 3.63) is 206 Å². The molecule has 0 fully saturated rings. The maximum atomic E-state index is 6.80. The molecule has 12 aromatic rings. The van der Waals surface area contributed by atoms with E-state index in [1.807, 2.05) is 0 Å². The zero-order chi connectivity index (χ0) is 37.5. The topological polar surface area (TPSA) is 23.0 Å². The van der Waals surface area contributed by atoms with Crippen LogP contribution in [-0.2, 0) is 0 Å². The lowest BCUT2D eigenvalue weighted by Crippen LogP contribution is -1.96. The molecule has 0 aliphatic rings. The maximum absolute atomic E-state index is 6.80. The van der Waals surface area contributed by atoms with E-state index >= 15 is 0 Å². The molecule has 266 valence electrons. The van der Waals surface area contributed by atoms with E-state index < -0.39 is 0 Å². The van der Waals surface area contributed by atoms with Gasteiger partial charge >= 0.3 is 0 Å². The van der Waals surface area contributed by atoms with Crippen molar-refractivity contribution >= 4 is 65.6 Å². The van der Waals surface area contributed by atoms with Gasteiger partial charge in [0.2, 0.25) is 0 Å². The Morgan fingerprint density at radius 3 is 1.65 bits per heavy atom. The SMILES string of the molecule is c1ccc(-c2ccc(-c3ccc(-n4c5ccccc5c5ccc(-c6ccc7c(c6)c6ccccc6n7-c6ccccc6)cc54)c4c3oc3ccccc34)cc2)cc1. The molecule has 3 heterocycles. The average Bonchev–Trinajstić information content (AvgIpc) is 3.95. The van der Waals surface area contributed by atoms with Crippen LogP contribution in [0.25, 0.3) is 110 Å². The van der Waals surface area contributed by atoms with Crippen molar-refractivity contribution < 1.29 is 4.42 Å². The third-order valence-electron chi connectivity index (χ3n) is 11.7. The van der Waals surface area contributed by atoms with E-state index in [9.17, 15) is 0 Å². The highest BCUT2D eigenvalue weighted by molar-refractivity contribution is 6.17. The minimum atomic E-state index is 0.881. The van der Waals surface area contributed by atoms with E-state index in [0.717, 1.165) is 55.5 Å². The summed E-state index contributed by atoms with van der Waals surface area (Å²) in [5, 5.41) is 7.15. The summed E-state index contributed by atoms with van der Waals surface area (Å²) in [6.45, 7) is 0. The molecular formula is C54H34N2O. The number of para-hydroxylation sites is 4. The van der Waals surface area contributed by atoms with Crippen LogP contribution in [-0.4, -0.2) is 9.13 Å². The van der Waals surface area contributed by atoms with Gasteiger partial charge in [-0.2, -0.15) is 0 Å². The Balaban J connectivity index is 1.07. The van der Waals surface area contributed by atoms with Crippen LogP contribution in [0.5, 0.6) is 0 Å². The van der Waals surface area contributed by atoms with Crippen molar-refractivity contribution in [1.82, 2.24) is 9.13 Å². The van der Waals surface area contributed by atoms with Crippen molar-refractivity contribution in [2.24, 2.45) is 0 Å². The fraction of sp³-hybridized carbons (Fsp3) is 0. The molecule has 0 unspecified atom stereocenters. The van der Waals surface area contributed by atoms with Crippen LogP contribution in [0, 0.1) is 0 Å². The van der Waals surface area contributed by atoms with E-state index in [-0.39, 0.29) is 0 Å². The second-order valence-corrected chi connectivity index (χ2v) is 14.9. The van der Waals surface area contributed by atoms with Gasteiger partial charge in [-0.3, -0.25) is 0 Å². The van der Waals surface area contributed by atoms with Crippen LogP contribution in [0.15, 0.2) is 211 Å². The number of fused-ring (bicyclic) bond motifs is 9. The molecule has 3 heteroatoms. The summed E-state index contributed by atoms with van der Waals surface area (Å²) >= 11 is 0. The van der Waals surface area contributed by atoms with Gasteiger partial charge in [-0.25, -0.2) is 0 Å². The molecule has 0 saturated heterocycles. The monoisotopic (exact) mass is 726 g/mol. The van der Waals surface area contributed by atoms with Gasteiger partial charge in [-0.1, -0.05) is 146 Å². The minimum Gasteiger partial charge on any atom is -0.455 e. The normalized spacial score (nSPS) is 11.9. The summed E-state index contributed by atoms with van der Waals surface area (Å²) in [5.41, 5.74) is 15.7. The van der Waals surface area contributed by atoms with Crippen molar-refractivity contribution in [3.63, 3.8) is 0 Å². The molecule has 0 amide bonds. The number of rotatable bonds is 5. The summed E-state index contributed by atoms with van der Waals surface area (Å²) in [6, 6.07) is 74.3. The molecule has 12 rings (SSSR count). The van der Waals surface area contributed by atoms with Crippen LogP contribution in [0.4, 0.5) is 0 Å². The van der Waals surface area contributed by atoms with Crippen LogP contribution < -0.4 is 0 Å². The lowest BCUT2D eigenvalue weighted by atomic mass is 9.98. The smallest absolute Gasteiger partial charge is 0.145 e. The Morgan fingerprint density at radius 1 is 0.316 bits per heavy atom. The standard InChI is InChI=1S/C54H34N2O/c1-3-13-35(14-4-1)36-23-25-37(26-24-36)41-30-32-50(53-45-19-9-12-22-52(45)57-54(41)53)56-48-21-11-7-17-42(48)44-29-27-39(34-51(44)56)38-28-31-49-46(33-38)43-18-8-10-20-47(43)55(49)40-15-5-2-6-16-40/h1-34H. The third-order valence-corrected chi connectivity index (χ3v) is 11.7. The molecule has 0 atom stereocenters. The number of aromatic nitrogens is 2. The summed E-state index contributed by atoms with van der Waals surface area (Å²) in [6.07, 6.45) is 0. The first kappa shape index (κ1) is 31.7. The Morgan fingerprint density at radius 2 is 0.860 bits per heavy atom. The van der Waals surface area contributed by atoms with Crippen molar-refractivity contribution in [1.29, 1.82) is 0 Å². The van der Waals surface area contributed by atoms with Gasteiger partial charge < -0.3 is 13.6 Å². The number of hydrogen-bond donors (Lipinski definition) is 0. The molecular weight excluding hydrogens is 693 g/mol. The zero-order valence-electron chi connectivity index (χ0n) is 30.9. The lowest BCUT2D eigenvalue weighted by molar-refractivity contribution is 0.670. The van der Waals surface area contributed by atoms with Gasteiger partial charge in [0.05, 0.1) is 33.1 Å². The molecule has 0 bridgehead atoms. The van der Waals surface area contributed by atoms with Gasteiger partial charge in [0.15, 0.2) is 0 Å². The highest BCUT2D eigenvalue weighted by Crippen LogP contribution is 2.44. The van der Waals surface area contributed by atoms with Crippen LogP contribution in [0.3, 0.4) is 0 Å². The molecule has 0 aliphatic heterocycles. The van der Waals surface area contributed by atoms with E-state index in [2.05, 4.69) is 215 Å². The predicted octanol–water partition coefficient (Wildman–Crippen LogP) is 14.8. The number of benzene rings is 9. The number of furan rings is 1. The first-order valence-electron chi connectivity index (χ1n) is 19.5. The molecule has 57 heavy (non-hydrogen) atoms. The average molecular weight is 727 g/mol. The third kappa shape index (κ3) is 4.86. The van der Waals surface area contributed by atoms with Crippen molar-refractivity contribution in [2.75, 3.05) is 0 Å². The molecule has 3 nitrogen and oxygen atoms in total. The molecule has 0 spiro atoms. The first-order valence-corrected chi connectivity index (χ1v) is 19.5. The van der Waals surface area contributed by atoms with Gasteiger partial charge in [0.1, 0.15) is 11.2 Å². The van der Waals surface area contributed by atoms with Crippen molar-refractivity contribution in [3.8, 4) is 44.8 Å². The van der Waals surface area contributed by atoms with E-state index in [1.165, 1.54) is 54.8 Å². The van der Waals surface area contributed by atoms with Gasteiger partial charge in [0, 0.05) is 38.2 Å². The quantitative estimate of drug-likeness (QED) is 0.173. The summed E-state index contributed by atoms with van der Waals surface area (Å²) in [7, 11) is 0. The predicted molar refractivity (Wildman–Crippen MR) is 239 cm³/mol. The molecule has 0 saturated carbocycles. The Bertz CT molecular complexity index is 3490. The molecule has 0 N–H and O–H groups in total. The minimum absolute atomic E-state index is 0.881. The van der Waals surface area contributed by atoms with Gasteiger partial charge in [-0.15, -0.1) is 0 Å². The fourth-order valence-corrected chi connectivity index (χ4v) is 9.11. The first-order chi connectivity index (χ1) is 28.3. The van der Waals surface area contributed by atoms with E-state index in [0.29, 0.717) is 0 Å². The highest BCUT2D eigenvalue weighted by Gasteiger charge is 2.21. The van der Waals surface area contributed by atoms with Gasteiger partial charge in [0.25, 0.3) is 0 Å². The largest absolute Gasteiger partial charge is 0.455 e. The Hall–Kier alpha value is -7.62. The van der Waals surface area contributed by atoms with Crippen molar-refractivity contribution in [2.45, 2.75) is 0 Å². The summed E-state index contributed by atoms with van der Waals surface area (Å²) in [5.74, 6) is 0. The van der Waals surface area contributed by atoms with E-state index in [1.54, 1.807) is 0 Å². The fourth-order valence-electron chi connectivity index (χ4n) is 9.11. The molecule has 3 aromatic heterocycles. The Labute approximate surface area is 328 Å². The molecule has 9 aromatic carbocycles. The van der Waals surface area contributed by atoms with Crippen LogP contribution >= 0.6 is 0 Å². The summed E-state index contributed by atoms with van der Waals surface area (Å²) < 4.78 is 11.6. The second-order valence-electron chi connectivity index (χ2n) is 14.9. The highest BCUT2D eigenvalue weighted by atomic mass is 16.3. The van der Waals surface area contributed by atoms with Crippen LogP contribution in [0.2, 0.25) is 0 Å². The van der Waals surface area contributed by atoms with Gasteiger partial charge in [-0.05, 0) is 88.5 Å². The number of nitrogens with zero attached hydrogens (tertiary/aromatic N) is 2. The maximum Gasteiger partial charge on any atom is 0.145 e. The zero-order valence-corrected chi connectivity index (χ0v) is 30.9. The summed E-state index contributed by atoms with van der Waals surface area (Å²) in [4.78, 5) is 0. The van der Waals surface area contributed by atoms with E-state index in [4.69, 9.17) is 4.42 Å². The van der Waals surface area contributed by atoms with Crippen LogP contribution in [0.1, 0.15) is 0 Å². The lowest BCUT2D eigenvalue weighted by Gasteiger charge is -2.13. The molecule has 0 aliphatic carbocycles.